The number of hydrogen-bond acceptors (Lipinski definition) is 5. The second-order valence-electron chi connectivity index (χ2n) is 7.81. The lowest BCUT2D eigenvalue weighted by Crippen LogP contribution is -2.35. The van der Waals surface area contributed by atoms with Gasteiger partial charge in [0, 0.05) is 25.9 Å². The molecule has 3 aliphatic rings. The van der Waals surface area contributed by atoms with Crippen LogP contribution >= 0.6 is 11.6 Å². The Hall–Kier alpha value is -2.28. The lowest BCUT2D eigenvalue weighted by atomic mass is 9.81. The molecule has 156 valence electrons. The van der Waals surface area contributed by atoms with Crippen LogP contribution in [0, 0.1) is 11.8 Å². The Morgan fingerprint density at radius 1 is 1.07 bits per heavy atom. The van der Waals surface area contributed by atoms with Gasteiger partial charge in [0.15, 0.2) is 11.5 Å². The van der Waals surface area contributed by atoms with Gasteiger partial charge in [0.2, 0.25) is 17.7 Å². The van der Waals surface area contributed by atoms with E-state index in [-0.39, 0.29) is 49.1 Å². The van der Waals surface area contributed by atoms with E-state index in [1.807, 2.05) is 6.07 Å². The smallest absolute Gasteiger partial charge is 0.233 e. The molecular formula is C21H25ClN2O5. The van der Waals surface area contributed by atoms with Crippen molar-refractivity contribution in [3.8, 4) is 11.5 Å². The second-order valence-corrected chi connectivity index (χ2v) is 8.21. The Morgan fingerprint density at radius 3 is 2.48 bits per heavy atom. The number of likely N-dealkylation sites (tertiary alicyclic amines) is 1. The van der Waals surface area contributed by atoms with Crippen LogP contribution in [0.3, 0.4) is 0 Å². The third kappa shape index (κ3) is 4.20. The Labute approximate surface area is 174 Å². The Bertz CT molecular complexity index is 804. The van der Waals surface area contributed by atoms with Gasteiger partial charge in [-0.2, -0.15) is 0 Å². The van der Waals surface area contributed by atoms with E-state index in [1.54, 1.807) is 6.07 Å². The first kappa shape index (κ1) is 20.0. The van der Waals surface area contributed by atoms with E-state index < -0.39 is 0 Å². The number of hydrogen-bond donors (Lipinski definition) is 1. The fraction of sp³-hybridized carbons (Fsp3) is 0.571. The van der Waals surface area contributed by atoms with Crippen LogP contribution < -0.4 is 14.8 Å². The third-order valence-electron chi connectivity index (χ3n) is 5.85. The highest BCUT2D eigenvalue weighted by Gasteiger charge is 2.47. The molecule has 4 rings (SSSR count). The van der Waals surface area contributed by atoms with Gasteiger partial charge in [0.25, 0.3) is 0 Å². The monoisotopic (exact) mass is 420 g/mol. The zero-order valence-corrected chi connectivity index (χ0v) is 17.0. The normalized spacial score (nSPS) is 23.6. The molecule has 3 amide bonds. The number of imide groups is 1. The summed E-state index contributed by atoms with van der Waals surface area (Å²) >= 11 is 6.28. The van der Waals surface area contributed by atoms with Crippen LogP contribution in [-0.2, 0) is 20.9 Å². The number of nitrogens with zero attached hydrogens (tertiary/aromatic N) is 1. The van der Waals surface area contributed by atoms with Crippen molar-refractivity contribution in [2.24, 2.45) is 11.8 Å². The molecule has 1 saturated heterocycles. The van der Waals surface area contributed by atoms with Crippen molar-refractivity contribution in [3.05, 3.63) is 22.7 Å². The van der Waals surface area contributed by atoms with Crippen LogP contribution in [0.1, 0.15) is 44.1 Å². The minimum atomic E-state index is -0.219. The first-order valence-corrected chi connectivity index (χ1v) is 10.6. The fourth-order valence-electron chi connectivity index (χ4n) is 4.34. The maximum atomic E-state index is 12.5. The molecule has 29 heavy (non-hydrogen) atoms. The zero-order chi connectivity index (χ0) is 20.4. The van der Waals surface area contributed by atoms with Crippen LogP contribution in [0.2, 0.25) is 5.02 Å². The first-order chi connectivity index (χ1) is 14.0. The topological polar surface area (TPSA) is 84.9 Å². The van der Waals surface area contributed by atoms with E-state index in [1.165, 1.54) is 4.90 Å². The maximum Gasteiger partial charge on any atom is 0.233 e. The molecule has 1 aromatic rings. The van der Waals surface area contributed by atoms with Crippen LogP contribution in [-0.4, -0.2) is 42.4 Å². The van der Waals surface area contributed by atoms with E-state index in [4.69, 9.17) is 21.1 Å². The summed E-state index contributed by atoms with van der Waals surface area (Å²) in [6, 6.07) is 3.55. The van der Waals surface area contributed by atoms with Crippen molar-refractivity contribution in [2.75, 3.05) is 19.8 Å². The molecule has 0 spiro atoms. The van der Waals surface area contributed by atoms with E-state index in [2.05, 4.69) is 5.32 Å². The third-order valence-corrected chi connectivity index (χ3v) is 6.13. The molecule has 1 aromatic carbocycles. The number of halogens is 1. The molecule has 2 atom stereocenters. The van der Waals surface area contributed by atoms with Gasteiger partial charge in [-0.05, 0) is 30.5 Å². The average Bonchev–Trinajstić information content (AvgIpc) is 2.88. The van der Waals surface area contributed by atoms with E-state index in [0.717, 1.165) is 37.7 Å². The molecule has 1 N–H and O–H groups in total. The largest absolute Gasteiger partial charge is 0.489 e. The number of amides is 3. The minimum Gasteiger partial charge on any atom is -0.489 e. The van der Waals surface area contributed by atoms with Gasteiger partial charge in [-0.15, -0.1) is 0 Å². The molecular weight excluding hydrogens is 396 g/mol. The van der Waals surface area contributed by atoms with Crippen LogP contribution in [0.4, 0.5) is 0 Å². The van der Waals surface area contributed by atoms with Gasteiger partial charge >= 0.3 is 0 Å². The molecule has 0 aromatic heterocycles. The summed E-state index contributed by atoms with van der Waals surface area (Å²) in [4.78, 5) is 38.5. The van der Waals surface area contributed by atoms with Crippen LogP contribution in [0.15, 0.2) is 12.1 Å². The predicted molar refractivity (Wildman–Crippen MR) is 106 cm³/mol. The summed E-state index contributed by atoms with van der Waals surface area (Å²) in [7, 11) is 0. The number of fused-ring (bicyclic) bond motifs is 2. The number of rotatable bonds is 5. The minimum absolute atomic E-state index is 0.0925. The van der Waals surface area contributed by atoms with Gasteiger partial charge in [0.05, 0.1) is 30.1 Å². The SMILES string of the molecule is O=C(CCN1C(=O)[C@H]2CCCC[C@@H]2C1=O)NCc1cc(Cl)c2c(c1)OCCCO2. The molecule has 1 saturated carbocycles. The molecule has 0 unspecified atom stereocenters. The summed E-state index contributed by atoms with van der Waals surface area (Å²) < 4.78 is 11.3. The molecule has 8 heteroatoms. The van der Waals surface area contributed by atoms with Crippen molar-refractivity contribution in [1.29, 1.82) is 0 Å². The summed E-state index contributed by atoms with van der Waals surface area (Å²) in [6.07, 6.45) is 4.42. The molecule has 2 heterocycles. The van der Waals surface area contributed by atoms with Gasteiger partial charge < -0.3 is 14.8 Å². The van der Waals surface area contributed by atoms with Crippen LogP contribution in [0.5, 0.6) is 11.5 Å². The highest BCUT2D eigenvalue weighted by molar-refractivity contribution is 6.32. The highest BCUT2D eigenvalue weighted by Crippen LogP contribution is 2.39. The van der Waals surface area contributed by atoms with Crippen molar-refractivity contribution < 1.29 is 23.9 Å². The summed E-state index contributed by atoms with van der Waals surface area (Å²) in [5.41, 5.74) is 0.798. The van der Waals surface area contributed by atoms with Gasteiger partial charge in [0.1, 0.15) is 0 Å². The molecule has 0 radical (unpaired) electrons. The van der Waals surface area contributed by atoms with Crippen molar-refractivity contribution in [3.63, 3.8) is 0 Å². The van der Waals surface area contributed by atoms with E-state index in [0.29, 0.717) is 29.7 Å². The van der Waals surface area contributed by atoms with Crippen LogP contribution in [0.25, 0.3) is 0 Å². The Kier molecular flexibility index (Phi) is 5.94. The zero-order valence-electron chi connectivity index (χ0n) is 16.2. The quantitative estimate of drug-likeness (QED) is 0.740. The van der Waals surface area contributed by atoms with Gasteiger partial charge in [-0.25, -0.2) is 0 Å². The van der Waals surface area contributed by atoms with Crippen molar-refractivity contribution in [1.82, 2.24) is 10.2 Å². The Morgan fingerprint density at radius 2 is 1.76 bits per heavy atom. The molecule has 0 bridgehead atoms. The average molecular weight is 421 g/mol. The lowest BCUT2D eigenvalue weighted by Gasteiger charge is -2.19. The molecule has 7 nitrogen and oxygen atoms in total. The summed E-state index contributed by atoms with van der Waals surface area (Å²) in [5, 5.41) is 3.27. The fourth-order valence-corrected chi connectivity index (χ4v) is 4.63. The summed E-state index contributed by atoms with van der Waals surface area (Å²) in [5.74, 6) is 0.321. The first-order valence-electron chi connectivity index (χ1n) is 10.2. The van der Waals surface area contributed by atoms with E-state index in [9.17, 15) is 14.4 Å². The summed E-state index contributed by atoms with van der Waals surface area (Å²) in [6.45, 7) is 1.53. The van der Waals surface area contributed by atoms with E-state index >= 15 is 0 Å². The van der Waals surface area contributed by atoms with Gasteiger partial charge in [-0.1, -0.05) is 24.4 Å². The standard InChI is InChI=1S/C21H25ClN2O5/c22-16-10-13(11-17-19(16)29-9-3-8-28-17)12-23-18(25)6-7-24-20(26)14-4-1-2-5-15(14)21(24)27/h10-11,14-15H,1-9,12H2,(H,23,25)/t14-,15-/m0/s1. The second kappa shape index (κ2) is 8.61. The number of carbonyl (C=O) groups is 3. The van der Waals surface area contributed by atoms with Crippen molar-refractivity contribution in [2.45, 2.75) is 45.1 Å². The number of nitrogens with one attached hydrogen (secondary N) is 1. The number of ether oxygens (including phenoxy) is 2. The number of benzene rings is 1. The molecule has 2 aliphatic heterocycles. The maximum absolute atomic E-state index is 12.5. The lowest BCUT2D eigenvalue weighted by molar-refractivity contribution is -0.140. The Balaban J connectivity index is 1.31. The molecule has 2 fully saturated rings. The van der Waals surface area contributed by atoms with Crippen molar-refractivity contribution >= 4 is 29.3 Å². The molecule has 1 aliphatic carbocycles. The predicted octanol–water partition coefficient (Wildman–Crippen LogP) is 2.68. The highest BCUT2D eigenvalue weighted by atomic mass is 35.5. The number of carbonyl (C=O) groups excluding carboxylic acids is 3. The van der Waals surface area contributed by atoms with Gasteiger partial charge in [-0.3, -0.25) is 19.3 Å².